The Bertz CT molecular complexity index is 771. The van der Waals surface area contributed by atoms with Crippen molar-refractivity contribution in [1.29, 1.82) is 0 Å². The summed E-state index contributed by atoms with van der Waals surface area (Å²) >= 11 is 0. The van der Waals surface area contributed by atoms with E-state index in [0.717, 1.165) is 17.5 Å². The monoisotopic (exact) mass is 337 g/mol. The van der Waals surface area contributed by atoms with E-state index in [9.17, 15) is 9.59 Å². The molecule has 5 nitrogen and oxygen atoms in total. The van der Waals surface area contributed by atoms with E-state index >= 15 is 0 Å². The first-order chi connectivity index (χ1) is 12.2. The molecule has 2 heterocycles. The predicted octanol–water partition coefficient (Wildman–Crippen LogP) is 2.99. The Morgan fingerprint density at radius 1 is 1.08 bits per heavy atom. The van der Waals surface area contributed by atoms with Gasteiger partial charge in [-0.25, -0.2) is 0 Å². The van der Waals surface area contributed by atoms with Crippen molar-refractivity contribution in [3.05, 3.63) is 59.7 Å². The van der Waals surface area contributed by atoms with Crippen molar-refractivity contribution in [3.63, 3.8) is 0 Å². The fourth-order valence-electron chi connectivity index (χ4n) is 3.47. The first-order valence-electron chi connectivity index (χ1n) is 8.54. The molecule has 0 spiro atoms. The zero-order chi connectivity index (χ0) is 17.2. The Hall–Kier alpha value is -2.82. The minimum Gasteiger partial charge on any atom is -0.465 e. The third kappa shape index (κ3) is 2.97. The van der Waals surface area contributed by atoms with Gasteiger partial charge >= 0.3 is 5.97 Å². The SMILES string of the molecule is O=C1NCCC1CCOC(=O)C1c2ccccc2Oc2ccccc21. The molecular weight excluding hydrogens is 318 g/mol. The number of fused-ring (bicyclic) bond motifs is 2. The molecule has 2 aliphatic rings. The average molecular weight is 337 g/mol. The van der Waals surface area contributed by atoms with Crippen LogP contribution in [0.3, 0.4) is 0 Å². The predicted molar refractivity (Wildman–Crippen MR) is 91.5 cm³/mol. The Kier molecular flexibility index (Phi) is 4.14. The molecule has 25 heavy (non-hydrogen) atoms. The summed E-state index contributed by atoms with van der Waals surface area (Å²) in [7, 11) is 0. The Balaban J connectivity index is 1.52. The largest absolute Gasteiger partial charge is 0.465 e. The number of nitrogens with one attached hydrogen (secondary N) is 1. The van der Waals surface area contributed by atoms with E-state index in [1.165, 1.54) is 0 Å². The molecule has 0 bridgehead atoms. The quantitative estimate of drug-likeness (QED) is 0.871. The topological polar surface area (TPSA) is 64.6 Å². The lowest BCUT2D eigenvalue weighted by Gasteiger charge is -2.26. The van der Waals surface area contributed by atoms with Crippen LogP contribution in [0.5, 0.6) is 11.5 Å². The van der Waals surface area contributed by atoms with Gasteiger partial charge in [0, 0.05) is 23.6 Å². The van der Waals surface area contributed by atoms with Crippen molar-refractivity contribution >= 4 is 11.9 Å². The highest BCUT2D eigenvalue weighted by Crippen LogP contribution is 2.44. The highest BCUT2D eigenvalue weighted by molar-refractivity contribution is 5.85. The molecule has 5 heteroatoms. The second-order valence-electron chi connectivity index (χ2n) is 6.34. The number of rotatable bonds is 4. The van der Waals surface area contributed by atoms with E-state index in [0.29, 0.717) is 24.5 Å². The van der Waals surface area contributed by atoms with Gasteiger partial charge in [-0.3, -0.25) is 9.59 Å². The van der Waals surface area contributed by atoms with E-state index in [2.05, 4.69) is 5.32 Å². The normalized spacial score (nSPS) is 18.7. The van der Waals surface area contributed by atoms with Crippen LogP contribution in [0.1, 0.15) is 29.9 Å². The van der Waals surface area contributed by atoms with E-state index in [1.807, 2.05) is 48.5 Å². The minimum atomic E-state index is -0.501. The van der Waals surface area contributed by atoms with Crippen LogP contribution in [0, 0.1) is 5.92 Å². The first kappa shape index (κ1) is 15.7. The number of carbonyl (C=O) groups excluding carboxylic acids is 2. The van der Waals surface area contributed by atoms with Gasteiger partial charge in [0.05, 0.1) is 6.61 Å². The van der Waals surface area contributed by atoms with Crippen LogP contribution in [0.2, 0.25) is 0 Å². The van der Waals surface area contributed by atoms with Gasteiger partial charge in [-0.05, 0) is 25.0 Å². The van der Waals surface area contributed by atoms with Crippen molar-refractivity contribution < 1.29 is 19.1 Å². The molecule has 1 atom stereocenters. The average Bonchev–Trinajstić information content (AvgIpc) is 3.04. The van der Waals surface area contributed by atoms with Crippen LogP contribution < -0.4 is 10.1 Å². The molecule has 128 valence electrons. The number of para-hydroxylation sites is 2. The van der Waals surface area contributed by atoms with E-state index in [1.54, 1.807) is 0 Å². The molecule has 0 aromatic heterocycles. The van der Waals surface area contributed by atoms with E-state index in [-0.39, 0.29) is 24.4 Å². The molecule has 1 unspecified atom stereocenters. The molecule has 2 aromatic rings. The van der Waals surface area contributed by atoms with Gasteiger partial charge in [0.2, 0.25) is 5.91 Å². The lowest BCUT2D eigenvalue weighted by molar-refractivity contribution is -0.145. The van der Waals surface area contributed by atoms with Crippen LogP contribution in [0.15, 0.2) is 48.5 Å². The maximum absolute atomic E-state index is 12.8. The molecule has 0 aliphatic carbocycles. The number of ether oxygens (including phenoxy) is 2. The van der Waals surface area contributed by atoms with Gasteiger partial charge in [-0.2, -0.15) is 0 Å². The third-order valence-corrected chi connectivity index (χ3v) is 4.79. The van der Waals surface area contributed by atoms with Gasteiger partial charge in [0.15, 0.2) is 0 Å². The summed E-state index contributed by atoms with van der Waals surface area (Å²) < 4.78 is 11.4. The number of amides is 1. The highest BCUT2D eigenvalue weighted by atomic mass is 16.5. The number of esters is 1. The van der Waals surface area contributed by atoms with Crippen LogP contribution in [-0.2, 0) is 14.3 Å². The molecule has 1 N–H and O–H groups in total. The lowest BCUT2D eigenvalue weighted by atomic mass is 9.88. The molecule has 1 saturated heterocycles. The number of carbonyl (C=O) groups is 2. The van der Waals surface area contributed by atoms with Crippen molar-refractivity contribution in [2.75, 3.05) is 13.2 Å². The smallest absolute Gasteiger partial charge is 0.318 e. The summed E-state index contributed by atoms with van der Waals surface area (Å²) in [6.07, 6.45) is 1.36. The lowest BCUT2D eigenvalue weighted by Crippen LogP contribution is -2.23. The molecule has 1 amide bonds. The summed E-state index contributed by atoms with van der Waals surface area (Å²) in [6, 6.07) is 15.0. The number of hydrogen-bond acceptors (Lipinski definition) is 4. The second kappa shape index (κ2) is 6.59. The van der Waals surface area contributed by atoms with Gasteiger partial charge in [0.1, 0.15) is 17.4 Å². The molecule has 0 saturated carbocycles. The molecule has 4 rings (SSSR count). The third-order valence-electron chi connectivity index (χ3n) is 4.79. The maximum Gasteiger partial charge on any atom is 0.318 e. The zero-order valence-corrected chi connectivity index (χ0v) is 13.7. The van der Waals surface area contributed by atoms with E-state index in [4.69, 9.17) is 9.47 Å². The standard InChI is InChI=1S/C20H19NO4/c22-19-13(9-11-21-19)10-12-24-20(23)18-14-5-1-3-7-16(14)25-17-8-4-2-6-15(17)18/h1-8,13,18H,9-12H2,(H,21,22). The Morgan fingerprint density at radius 3 is 2.32 bits per heavy atom. The maximum atomic E-state index is 12.8. The fourth-order valence-corrected chi connectivity index (χ4v) is 3.47. The van der Waals surface area contributed by atoms with Crippen molar-refractivity contribution in [3.8, 4) is 11.5 Å². The van der Waals surface area contributed by atoms with Crippen LogP contribution in [0.25, 0.3) is 0 Å². The summed E-state index contributed by atoms with van der Waals surface area (Å²) in [5.74, 6) is 0.552. The molecular formula is C20H19NO4. The van der Waals surface area contributed by atoms with Gasteiger partial charge < -0.3 is 14.8 Å². The second-order valence-corrected chi connectivity index (χ2v) is 6.34. The molecule has 2 aliphatic heterocycles. The first-order valence-corrected chi connectivity index (χ1v) is 8.54. The zero-order valence-electron chi connectivity index (χ0n) is 13.7. The van der Waals surface area contributed by atoms with Gasteiger partial charge in [-0.15, -0.1) is 0 Å². The summed E-state index contributed by atoms with van der Waals surface area (Å²) in [4.78, 5) is 24.4. The van der Waals surface area contributed by atoms with Crippen LogP contribution >= 0.6 is 0 Å². The molecule has 2 aromatic carbocycles. The highest BCUT2D eigenvalue weighted by Gasteiger charge is 2.34. The van der Waals surface area contributed by atoms with Gasteiger partial charge in [-0.1, -0.05) is 36.4 Å². The van der Waals surface area contributed by atoms with Crippen molar-refractivity contribution in [1.82, 2.24) is 5.32 Å². The fraction of sp³-hybridized carbons (Fsp3) is 0.300. The van der Waals surface area contributed by atoms with Crippen molar-refractivity contribution in [2.24, 2.45) is 5.92 Å². The minimum absolute atomic E-state index is 0.0535. The van der Waals surface area contributed by atoms with Gasteiger partial charge in [0.25, 0.3) is 0 Å². The van der Waals surface area contributed by atoms with Crippen LogP contribution in [-0.4, -0.2) is 25.0 Å². The van der Waals surface area contributed by atoms with Crippen LogP contribution in [0.4, 0.5) is 0 Å². The summed E-state index contributed by atoms with van der Waals surface area (Å²) in [6.45, 7) is 0.955. The molecule has 0 radical (unpaired) electrons. The number of benzene rings is 2. The number of hydrogen-bond donors (Lipinski definition) is 1. The van der Waals surface area contributed by atoms with Crippen molar-refractivity contribution in [2.45, 2.75) is 18.8 Å². The van der Waals surface area contributed by atoms with E-state index < -0.39 is 5.92 Å². The Labute approximate surface area is 145 Å². The Morgan fingerprint density at radius 2 is 1.72 bits per heavy atom. The summed E-state index contributed by atoms with van der Waals surface area (Å²) in [5, 5.41) is 2.80. The summed E-state index contributed by atoms with van der Waals surface area (Å²) in [5.41, 5.74) is 1.62. The molecule has 1 fully saturated rings.